The van der Waals surface area contributed by atoms with E-state index in [-0.39, 0.29) is 11.5 Å². The summed E-state index contributed by atoms with van der Waals surface area (Å²) in [7, 11) is 0. The highest BCUT2D eigenvalue weighted by molar-refractivity contribution is 5.50. The maximum atomic E-state index is 9.24. The number of phenolic OH excluding ortho intramolecular Hbond substituents is 2. The molecule has 0 bridgehead atoms. The molecule has 1 heterocycles. The third kappa shape index (κ3) is 2.33. The smallest absolute Gasteiger partial charge is 0.159 e. The van der Waals surface area contributed by atoms with Gasteiger partial charge in [0, 0.05) is 18.5 Å². The summed E-state index contributed by atoms with van der Waals surface area (Å²) in [5.41, 5.74) is 1.13. The van der Waals surface area contributed by atoms with Crippen molar-refractivity contribution in [1.29, 1.82) is 0 Å². The highest BCUT2D eigenvalue weighted by Gasteiger charge is 1.99. The Morgan fingerprint density at radius 2 is 1.50 bits per heavy atom. The Morgan fingerprint density at radius 1 is 0.812 bits per heavy atom. The van der Waals surface area contributed by atoms with Crippen molar-refractivity contribution in [2.45, 2.75) is 0 Å². The molecule has 0 aliphatic heterocycles. The van der Waals surface area contributed by atoms with E-state index >= 15 is 0 Å². The van der Waals surface area contributed by atoms with E-state index in [1.165, 1.54) is 12.1 Å². The van der Waals surface area contributed by atoms with Crippen molar-refractivity contribution in [3.05, 3.63) is 42.7 Å². The van der Waals surface area contributed by atoms with E-state index in [0.717, 1.165) is 0 Å². The molecule has 0 amide bonds. The van der Waals surface area contributed by atoms with Crippen LogP contribution < -0.4 is 0 Å². The Labute approximate surface area is 91.7 Å². The minimum Gasteiger partial charge on any atom is -0.504 e. The number of hydrogen-bond acceptors (Lipinski definition) is 5. The van der Waals surface area contributed by atoms with Crippen molar-refractivity contribution in [3.63, 3.8) is 0 Å². The highest BCUT2D eigenvalue weighted by Crippen LogP contribution is 2.29. The molecule has 2 aromatic rings. The first-order chi connectivity index (χ1) is 7.75. The molecule has 0 atom stereocenters. The fraction of sp³-hybridized carbons (Fsp3) is 0. The molecule has 0 saturated heterocycles. The maximum Gasteiger partial charge on any atom is 0.159 e. The molecule has 16 heavy (non-hydrogen) atoms. The van der Waals surface area contributed by atoms with Gasteiger partial charge in [-0.15, -0.1) is 0 Å². The molecule has 0 spiro atoms. The molecular weight excluding hydrogens is 206 g/mol. The topological polar surface area (TPSA) is 78.1 Å². The summed E-state index contributed by atoms with van der Waals surface area (Å²) in [4.78, 5) is 3.85. The first-order valence-corrected chi connectivity index (χ1v) is 4.59. The van der Waals surface area contributed by atoms with Crippen molar-refractivity contribution in [2.75, 3.05) is 0 Å². The van der Waals surface area contributed by atoms with Gasteiger partial charge >= 0.3 is 0 Å². The van der Waals surface area contributed by atoms with Crippen LogP contribution in [0.1, 0.15) is 0 Å². The zero-order chi connectivity index (χ0) is 11.4. The lowest BCUT2D eigenvalue weighted by Crippen LogP contribution is -1.69. The van der Waals surface area contributed by atoms with E-state index in [1.807, 2.05) is 0 Å². The average Bonchev–Trinajstić information content (AvgIpc) is 2.32. The van der Waals surface area contributed by atoms with E-state index in [0.29, 0.717) is 11.4 Å². The van der Waals surface area contributed by atoms with E-state index in [9.17, 15) is 5.11 Å². The van der Waals surface area contributed by atoms with Gasteiger partial charge in [0.15, 0.2) is 11.5 Å². The summed E-state index contributed by atoms with van der Waals surface area (Å²) in [6.45, 7) is 0. The SMILES string of the molecule is Oc1ccc(N=Nc2ccncc2)cc1O. The predicted molar refractivity (Wildman–Crippen MR) is 58.2 cm³/mol. The molecule has 0 unspecified atom stereocenters. The number of azo groups is 1. The van der Waals surface area contributed by atoms with Gasteiger partial charge in [-0.05, 0) is 24.3 Å². The summed E-state index contributed by atoms with van der Waals surface area (Å²) in [6, 6.07) is 7.67. The number of pyridine rings is 1. The molecule has 0 saturated carbocycles. The summed E-state index contributed by atoms with van der Waals surface area (Å²) in [6.07, 6.45) is 3.23. The molecule has 80 valence electrons. The molecular formula is C11H9N3O2. The van der Waals surface area contributed by atoms with Crippen molar-refractivity contribution in [1.82, 2.24) is 4.98 Å². The largest absolute Gasteiger partial charge is 0.504 e. The second-order valence-electron chi connectivity index (χ2n) is 3.08. The van der Waals surface area contributed by atoms with Gasteiger partial charge < -0.3 is 10.2 Å². The van der Waals surface area contributed by atoms with Crippen LogP contribution in [0.15, 0.2) is 53.0 Å². The Morgan fingerprint density at radius 3 is 2.19 bits per heavy atom. The normalized spacial score (nSPS) is 10.8. The van der Waals surface area contributed by atoms with Crippen molar-refractivity contribution < 1.29 is 10.2 Å². The van der Waals surface area contributed by atoms with Crippen LogP contribution in [0, 0.1) is 0 Å². The van der Waals surface area contributed by atoms with Gasteiger partial charge in [0.1, 0.15) is 0 Å². The van der Waals surface area contributed by atoms with Gasteiger partial charge in [0.2, 0.25) is 0 Å². The summed E-state index contributed by atoms with van der Waals surface area (Å²) in [5, 5.41) is 26.2. The number of phenols is 2. The zero-order valence-corrected chi connectivity index (χ0v) is 8.28. The van der Waals surface area contributed by atoms with Crippen LogP contribution in [0.5, 0.6) is 11.5 Å². The van der Waals surface area contributed by atoms with Gasteiger partial charge in [-0.3, -0.25) is 4.98 Å². The van der Waals surface area contributed by atoms with E-state index in [2.05, 4.69) is 15.2 Å². The van der Waals surface area contributed by atoms with Crippen LogP contribution in [0.3, 0.4) is 0 Å². The summed E-state index contributed by atoms with van der Waals surface area (Å²) in [5.74, 6) is -0.394. The molecule has 0 radical (unpaired) electrons. The molecule has 1 aromatic heterocycles. The minimum absolute atomic E-state index is 0.178. The lowest BCUT2D eigenvalue weighted by atomic mass is 10.3. The second kappa shape index (κ2) is 4.39. The first-order valence-electron chi connectivity index (χ1n) is 4.59. The van der Waals surface area contributed by atoms with Crippen molar-refractivity contribution in [2.24, 2.45) is 10.2 Å². The Bertz CT molecular complexity index is 512. The molecule has 1 aromatic carbocycles. The number of hydrogen-bond donors (Lipinski definition) is 2. The number of aromatic nitrogens is 1. The number of benzene rings is 1. The molecule has 0 fully saturated rings. The van der Waals surface area contributed by atoms with Gasteiger partial charge in [0.25, 0.3) is 0 Å². The number of rotatable bonds is 2. The maximum absolute atomic E-state index is 9.24. The number of aromatic hydroxyl groups is 2. The standard InChI is InChI=1S/C11H9N3O2/c15-10-2-1-9(7-11(10)16)14-13-8-3-5-12-6-4-8/h1-7,15-16H. The van der Waals surface area contributed by atoms with Crippen LogP contribution in [-0.4, -0.2) is 15.2 Å². The van der Waals surface area contributed by atoms with Crippen LogP contribution in [0.4, 0.5) is 11.4 Å². The average molecular weight is 215 g/mol. The van der Waals surface area contributed by atoms with Crippen LogP contribution in [-0.2, 0) is 0 Å². The first kappa shape index (κ1) is 10.1. The minimum atomic E-state index is -0.217. The lowest BCUT2D eigenvalue weighted by molar-refractivity contribution is 0.404. The molecule has 0 aliphatic rings. The van der Waals surface area contributed by atoms with Crippen molar-refractivity contribution >= 4 is 11.4 Å². The molecule has 5 nitrogen and oxygen atoms in total. The fourth-order valence-electron chi connectivity index (χ4n) is 1.10. The number of nitrogens with zero attached hydrogens (tertiary/aromatic N) is 3. The predicted octanol–water partition coefficient (Wildman–Crippen LogP) is 2.91. The molecule has 2 N–H and O–H groups in total. The third-order valence-electron chi connectivity index (χ3n) is 1.90. The van der Waals surface area contributed by atoms with Gasteiger partial charge in [-0.2, -0.15) is 10.2 Å². The Balaban J connectivity index is 2.21. The molecule has 5 heteroatoms. The summed E-state index contributed by atoms with van der Waals surface area (Å²) >= 11 is 0. The fourth-order valence-corrected chi connectivity index (χ4v) is 1.10. The third-order valence-corrected chi connectivity index (χ3v) is 1.90. The van der Waals surface area contributed by atoms with Crippen LogP contribution in [0.2, 0.25) is 0 Å². The molecule has 0 aliphatic carbocycles. The Kier molecular flexibility index (Phi) is 2.77. The molecule has 2 rings (SSSR count). The van der Waals surface area contributed by atoms with Crippen LogP contribution >= 0.6 is 0 Å². The van der Waals surface area contributed by atoms with Gasteiger partial charge in [-0.1, -0.05) is 0 Å². The van der Waals surface area contributed by atoms with Crippen molar-refractivity contribution in [3.8, 4) is 11.5 Å². The zero-order valence-electron chi connectivity index (χ0n) is 8.28. The highest BCUT2D eigenvalue weighted by atomic mass is 16.3. The van der Waals surface area contributed by atoms with E-state index in [1.54, 1.807) is 30.6 Å². The quantitative estimate of drug-likeness (QED) is 0.597. The van der Waals surface area contributed by atoms with Gasteiger partial charge in [0.05, 0.1) is 11.4 Å². The van der Waals surface area contributed by atoms with E-state index < -0.39 is 0 Å². The Hall–Kier alpha value is -2.43. The second-order valence-corrected chi connectivity index (χ2v) is 3.08. The van der Waals surface area contributed by atoms with E-state index in [4.69, 9.17) is 5.11 Å². The van der Waals surface area contributed by atoms with Gasteiger partial charge in [-0.25, -0.2) is 0 Å². The summed E-state index contributed by atoms with van der Waals surface area (Å²) < 4.78 is 0. The van der Waals surface area contributed by atoms with Crippen LogP contribution in [0.25, 0.3) is 0 Å². The lowest BCUT2D eigenvalue weighted by Gasteiger charge is -1.97. The monoisotopic (exact) mass is 215 g/mol.